The maximum Gasteiger partial charge on any atom is 0.321 e. The maximum absolute atomic E-state index is 12.5. The van der Waals surface area contributed by atoms with Crippen molar-refractivity contribution < 1.29 is 9.59 Å². The molecule has 0 unspecified atom stereocenters. The number of rotatable bonds is 4. The molecule has 27 heavy (non-hydrogen) atoms. The van der Waals surface area contributed by atoms with Crippen LogP contribution in [0.1, 0.15) is 0 Å². The smallest absolute Gasteiger partial charge is 0.321 e. The molecule has 1 aliphatic heterocycles. The monoisotopic (exact) mass is 423 g/mol. The number of carbonyl (C=O) groups is 2. The lowest BCUT2D eigenvalue weighted by molar-refractivity contribution is -0.129. The van der Waals surface area contributed by atoms with Crippen molar-refractivity contribution in [2.75, 3.05) is 37.2 Å². The number of piperazine rings is 1. The molecule has 1 saturated heterocycles. The average Bonchev–Trinajstić information content (AvgIpc) is 2.68. The molecule has 1 fully saturated rings. The second-order valence-corrected chi connectivity index (χ2v) is 7.80. The molecule has 0 atom stereocenters. The van der Waals surface area contributed by atoms with Gasteiger partial charge in [0.2, 0.25) is 5.91 Å². The van der Waals surface area contributed by atoms with E-state index in [-0.39, 0.29) is 17.7 Å². The first-order chi connectivity index (χ1) is 13.0. The number of benzene rings is 2. The molecule has 0 aliphatic carbocycles. The predicted octanol–water partition coefficient (Wildman–Crippen LogP) is 4.46. The number of para-hydroxylation sites is 1. The normalized spacial score (nSPS) is 14.1. The number of amides is 3. The van der Waals surface area contributed by atoms with Crippen molar-refractivity contribution in [3.8, 4) is 0 Å². The van der Waals surface area contributed by atoms with Gasteiger partial charge in [-0.15, -0.1) is 11.8 Å². The zero-order valence-corrected chi connectivity index (χ0v) is 16.9. The largest absolute Gasteiger partial charge is 0.338 e. The number of halogens is 2. The number of urea groups is 1. The highest BCUT2D eigenvalue weighted by Gasteiger charge is 2.24. The summed E-state index contributed by atoms with van der Waals surface area (Å²) in [5, 5.41) is 3.95. The summed E-state index contributed by atoms with van der Waals surface area (Å²) in [5.74, 6) is 0.277. The van der Waals surface area contributed by atoms with Gasteiger partial charge in [0.15, 0.2) is 0 Å². The molecule has 0 aromatic heterocycles. The third-order valence-electron chi connectivity index (χ3n) is 4.20. The van der Waals surface area contributed by atoms with Crippen LogP contribution in [0.25, 0.3) is 0 Å². The van der Waals surface area contributed by atoms with Gasteiger partial charge < -0.3 is 15.1 Å². The summed E-state index contributed by atoms with van der Waals surface area (Å²) in [7, 11) is 0. The van der Waals surface area contributed by atoms with Gasteiger partial charge >= 0.3 is 6.03 Å². The van der Waals surface area contributed by atoms with Crippen molar-refractivity contribution in [2.45, 2.75) is 4.90 Å². The number of hydrogen-bond donors (Lipinski definition) is 1. The minimum atomic E-state index is -0.148. The number of nitrogens with one attached hydrogen (secondary N) is 1. The van der Waals surface area contributed by atoms with E-state index in [1.807, 2.05) is 30.3 Å². The summed E-state index contributed by atoms with van der Waals surface area (Å²) in [6.45, 7) is 2.03. The molecular formula is C19H19Cl2N3O2S. The van der Waals surface area contributed by atoms with Crippen LogP contribution >= 0.6 is 35.0 Å². The van der Waals surface area contributed by atoms with Crippen LogP contribution in [0.5, 0.6) is 0 Å². The van der Waals surface area contributed by atoms with E-state index in [4.69, 9.17) is 23.2 Å². The molecule has 0 saturated carbocycles. The molecule has 8 heteroatoms. The van der Waals surface area contributed by atoms with E-state index in [1.165, 1.54) is 11.8 Å². The van der Waals surface area contributed by atoms with E-state index in [2.05, 4.69) is 5.32 Å². The van der Waals surface area contributed by atoms with Gasteiger partial charge in [0.1, 0.15) is 0 Å². The number of thioether (sulfide) groups is 1. The number of carbonyl (C=O) groups excluding carboxylic acids is 2. The summed E-state index contributed by atoms with van der Waals surface area (Å²) in [5.41, 5.74) is 0.758. The molecule has 2 aromatic carbocycles. The van der Waals surface area contributed by atoms with Crippen molar-refractivity contribution in [2.24, 2.45) is 0 Å². The van der Waals surface area contributed by atoms with Crippen LogP contribution in [0.15, 0.2) is 53.4 Å². The van der Waals surface area contributed by atoms with Crippen LogP contribution in [0.2, 0.25) is 10.0 Å². The summed E-state index contributed by atoms with van der Waals surface area (Å²) >= 11 is 13.6. The maximum atomic E-state index is 12.5. The molecule has 1 N–H and O–H groups in total. The van der Waals surface area contributed by atoms with Gasteiger partial charge in [-0.05, 0) is 24.3 Å². The summed E-state index contributed by atoms with van der Waals surface area (Å²) in [6.07, 6.45) is 0. The third kappa shape index (κ3) is 5.31. The Balaban J connectivity index is 1.47. The quantitative estimate of drug-likeness (QED) is 0.738. The van der Waals surface area contributed by atoms with Crippen LogP contribution in [0.3, 0.4) is 0 Å². The highest BCUT2D eigenvalue weighted by atomic mass is 35.5. The zero-order valence-electron chi connectivity index (χ0n) is 14.5. The van der Waals surface area contributed by atoms with Gasteiger partial charge in [0.25, 0.3) is 0 Å². The Morgan fingerprint density at radius 1 is 0.889 bits per heavy atom. The SMILES string of the molecule is O=C(CSc1c(Cl)cccc1Cl)N1CCN(C(=O)Nc2ccccc2)CC1. The van der Waals surface area contributed by atoms with Crippen molar-refractivity contribution in [3.63, 3.8) is 0 Å². The second kappa shape index (κ2) is 9.35. The number of hydrogen-bond acceptors (Lipinski definition) is 3. The van der Waals surface area contributed by atoms with Crippen LogP contribution in [0, 0.1) is 0 Å². The third-order valence-corrected chi connectivity index (χ3v) is 6.18. The van der Waals surface area contributed by atoms with E-state index in [9.17, 15) is 9.59 Å². The van der Waals surface area contributed by atoms with Gasteiger partial charge in [-0.3, -0.25) is 4.79 Å². The van der Waals surface area contributed by atoms with Gasteiger partial charge in [-0.1, -0.05) is 47.5 Å². The lowest BCUT2D eigenvalue weighted by atomic mass is 10.3. The molecule has 0 radical (unpaired) electrons. The summed E-state index contributed by atoms with van der Waals surface area (Å²) in [6, 6.07) is 14.5. The van der Waals surface area contributed by atoms with E-state index in [0.717, 1.165) is 10.6 Å². The Morgan fingerprint density at radius 2 is 1.48 bits per heavy atom. The topological polar surface area (TPSA) is 52.7 Å². The molecule has 2 aromatic rings. The van der Waals surface area contributed by atoms with Gasteiger partial charge in [0.05, 0.1) is 15.8 Å². The molecule has 1 aliphatic rings. The highest BCUT2D eigenvalue weighted by Crippen LogP contribution is 2.33. The molecule has 142 valence electrons. The first-order valence-corrected chi connectivity index (χ1v) is 10.2. The van der Waals surface area contributed by atoms with Gasteiger partial charge in [-0.25, -0.2) is 4.79 Å². The average molecular weight is 424 g/mol. The lowest BCUT2D eigenvalue weighted by Crippen LogP contribution is -2.52. The molecule has 0 spiro atoms. The first-order valence-electron chi connectivity index (χ1n) is 8.50. The first kappa shape index (κ1) is 19.9. The van der Waals surface area contributed by atoms with E-state index < -0.39 is 0 Å². The van der Waals surface area contributed by atoms with Crippen molar-refractivity contribution >= 4 is 52.6 Å². The second-order valence-electron chi connectivity index (χ2n) is 6.00. The fourth-order valence-electron chi connectivity index (χ4n) is 2.73. The summed E-state index contributed by atoms with van der Waals surface area (Å²) < 4.78 is 0. The Hall–Kier alpha value is -1.89. The Bertz CT molecular complexity index is 792. The van der Waals surface area contributed by atoms with Crippen molar-refractivity contribution in [1.29, 1.82) is 0 Å². The molecular weight excluding hydrogens is 405 g/mol. The minimum absolute atomic E-state index is 0.0131. The van der Waals surface area contributed by atoms with Crippen LogP contribution < -0.4 is 5.32 Å². The Labute approximate surface area is 172 Å². The fraction of sp³-hybridized carbons (Fsp3) is 0.263. The zero-order chi connectivity index (χ0) is 19.2. The lowest BCUT2D eigenvalue weighted by Gasteiger charge is -2.34. The minimum Gasteiger partial charge on any atom is -0.338 e. The molecule has 3 rings (SSSR count). The predicted molar refractivity (Wildman–Crippen MR) is 111 cm³/mol. The van der Waals surface area contributed by atoms with E-state index >= 15 is 0 Å². The van der Waals surface area contributed by atoms with Crippen molar-refractivity contribution in [3.05, 3.63) is 58.6 Å². The van der Waals surface area contributed by atoms with Gasteiger partial charge in [-0.2, -0.15) is 0 Å². The molecule has 1 heterocycles. The van der Waals surface area contributed by atoms with Gasteiger partial charge in [0, 0.05) is 36.8 Å². The van der Waals surface area contributed by atoms with E-state index in [1.54, 1.807) is 28.0 Å². The number of nitrogens with zero attached hydrogens (tertiary/aromatic N) is 2. The van der Waals surface area contributed by atoms with Crippen molar-refractivity contribution in [1.82, 2.24) is 9.80 Å². The number of anilines is 1. The molecule has 3 amide bonds. The molecule has 0 bridgehead atoms. The standard InChI is InChI=1S/C19H19Cl2N3O2S/c20-15-7-4-8-16(21)18(15)27-13-17(25)23-9-11-24(12-10-23)19(26)22-14-5-2-1-3-6-14/h1-8H,9-13H2,(H,22,26). The van der Waals surface area contributed by atoms with Crippen LogP contribution in [-0.4, -0.2) is 53.7 Å². The Kier molecular flexibility index (Phi) is 6.88. The molecule has 5 nitrogen and oxygen atoms in total. The highest BCUT2D eigenvalue weighted by molar-refractivity contribution is 8.00. The fourth-order valence-corrected chi connectivity index (χ4v) is 4.32. The Morgan fingerprint density at radius 3 is 2.11 bits per heavy atom. The van der Waals surface area contributed by atoms with Crippen LogP contribution in [-0.2, 0) is 4.79 Å². The van der Waals surface area contributed by atoms with E-state index in [0.29, 0.717) is 36.2 Å². The summed E-state index contributed by atoms with van der Waals surface area (Å²) in [4.78, 5) is 29.0. The van der Waals surface area contributed by atoms with Crippen LogP contribution in [0.4, 0.5) is 10.5 Å².